The average molecular weight is 586 g/mol. The van der Waals surface area contributed by atoms with Crippen molar-refractivity contribution in [1.82, 2.24) is 4.98 Å². The lowest BCUT2D eigenvalue weighted by atomic mass is 10.2. The highest BCUT2D eigenvalue weighted by Crippen LogP contribution is 2.56. The number of nitrogens with zero attached hydrogens (tertiary/aromatic N) is 1. The molecule has 0 aliphatic rings. The van der Waals surface area contributed by atoms with Crippen molar-refractivity contribution in [1.29, 1.82) is 0 Å². The minimum atomic E-state index is -8.07. The van der Waals surface area contributed by atoms with Gasteiger partial charge in [0.1, 0.15) is 5.82 Å². The van der Waals surface area contributed by atoms with Crippen molar-refractivity contribution >= 4 is 11.7 Å². The molecule has 0 fully saturated rings. The molecular formula is C15H7F17N2O3. The smallest absolute Gasteiger partial charge is 0.305 e. The van der Waals surface area contributed by atoms with Gasteiger partial charge in [-0.25, -0.2) is 4.98 Å². The van der Waals surface area contributed by atoms with E-state index >= 15 is 0 Å². The van der Waals surface area contributed by atoms with E-state index < -0.39 is 60.1 Å². The number of anilines is 1. The molecule has 0 aliphatic carbocycles. The third-order valence-corrected chi connectivity index (χ3v) is 3.81. The van der Waals surface area contributed by atoms with Gasteiger partial charge in [-0.3, -0.25) is 14.3 Å². The van der Waals surface area contributed by atoms with E-state index in [1.807, 2.05) is 4.74 Å². The van der Waals surface area contributed by atoms with Gasteiger partial charge in [-0.1, -0.05) is 0 Å². The number of aryl methyl sites for hydroxylation is 1. The molecule has 0 radical (unpaired) electrons. The molecule has 1 amide bonds. The Labute approximate surface area is 191 Å². The topological polar surface area (TPSA) is 60.5 Å². The van der Waals surface area contributed by atoms with Crippen molar-refractivity contribution in [3.05, 3.63) is 23.9 Å². The molecule has 1 rings (SSSR count). The number of carbonyl (C=O) groups excluding carboxylic acids is 1. The quantitative estimate of drug-likeness (QED) is 0.369. The predicted molar refractivity (Wildman–Crippen MR) is 80.5 cm³/mol. The molecule has 0 unspecified atom stereocenters. The summed E-state index contributed by atoms with van der Waals surface area (Å²) >= 11 is 0. The lowest BCUT2D eigenvalue weighted by Gasteiger charge is -2.40. The summed E-state index contributed by atoms with van der Waals surface area (Å²) in [7, 11) is 0. The van der Waals surface area contributed by atoms with Crippen LogP contribution in [0.1, 0.15) is 5.56 Å². The maximum atomic E-state index is 14.4. The number of hydrogen-bond donors (Lipinski definition) is 1. The van der Waals surface area contributed by atoms with Crippen LogP contribution < -0.4 is 5.32 Å². The summed E-state index contributed by atoms with van der Waals surface area (Å²) in [6, 6.07) is 1.69. The van der Waals surface area contributed by atoms with Gasteiger partial charge < -0.3 is 5.32 Å². The Kier molecular flexibility index (Phi) is 8.11. The predicted octanol–water partition coefficient (Wildman–Crippen LogP) is 6.20. The zero-order valence-corrected chi connectivity index (χ0v) is 16.8. The maximum Gasteiger partial charge on any atom is 0.462 e. The van der Waals surface area contributed by atoms with Crippen LogP contribution in [0.3, 0.4) is 0 Å². The monoisotopic (exact) mass is 586 g/mol. The highest BCUT2D eigenvalue weighted by molar-refractivity contribution is 5.96. The van der Waals surface area contributed by atoms with Gasteiger partial charge in [0.2, 0.25) is 0 Å². The van der Waals surface area contributed by atoms with Crippen LogP contribution in [0.4, 0.5) is 80.5 Å². The largest absolute Gasteiger partial charge is 0.462 e. The Morgan fingerprint density at radius 3 is 1.59 bits per heavy atom. The fourth-order valence-electron chi connectivity index (χ4n) is 1.96. The zero-order valence-electron chi connectivity index (χ0n) is 16.8. The molecule has 37 heavy (non-hydrogen) atoms. The first kappa shape index (κ1) is 32.4. The van der Waals surface area contributed by atoms with Gasteiger partial charge in [0.25, 0.3) is 0 Å². The van der Waals surface area contributed by atoms with E-state index in [2.05, 4.69) is 4.98 Å². The first-order chi connectivity index (χ1) is 16.1. The fraction of sp³-hybridized carbons (Fsp3) is 0.600. The molecule has 1 N–H and O–H groups in total. The molecule has 0 aromatic carbocycles. The third-order valence-electron chi connectivity index (χ3n) is 3.81. The molecule has 1 aromatic rings. The number of alkyl halides is 17. The summed E-state index contributed by atoms with van der Waals surface area (Å²) in [5, 5.41) is 0.770. The summed E-state index contributed by atoms with van der Waals surface area (Å²) in [4.78, 5) is 14.7. The number of amides is 1. The van der Waals surface area contributed by atoms with Crippen LogP contribution in [-0.2, 0) is 14.3 Å². The minimum Gasteiger partial charge on any atom is -0.305 e. The molecule has 22 heteroatoms. The van der Waals surface area contributed by atoms with Crippen molar-refractivity contribution in [2.75, 3.05) is 5.32 Å². The normalized spacial score (nSPS) is 17.7. The molecule has 0 aliphatic heterocycles. The number of ether oxygens (including phenoxy) is 2. The second-order valence-corrected chi connectivity index (χ2v) is 6.67. The Bertz CT molecular complexity index is 989. The number of aromatic nitrogens is 1. The molecule has 1 heterocycles. The van der Waals surface area contributed by atoms with Gasteiger partial charge in [0.05, 0.1) is 0 Å². The average Bonchev–Trinajstić information content (AvgIpc) is 2.64. The summed E-state index contributed by atoms with van der Waals surface area (Å²) in [5.41, 5.74) is 0.0223. The number of rotatable bonds is 8. The number of halogens is 17. The minimum absolute atomic E-state index is 0.0223. The number of nitrogens with one attached hydrogen (secondary N) is 1. The standard InChI is InChI=1S/C15H7F17N2O3/c1-5-2-3-33-6(4-5)34-7(35)8(16,11(20,21)22)36-15(31,32)10(19,13(26,27)28)37-14(29,30)9(17,18)12(23,24)25/h2-4H,1H3,(H,33,34,35)/t8-,10-/m0/s1. The van der Waals surface area contributed by atoms with Gasteiger partial charge in [-0.2, -0.15) is 74.6 Å². The lowest BCUT2D eigenvalue weighted by Crippen LogP contribution is -2.68. The Morgan fingerprint density at radius 2 is 1.22 bits per heavy atom. The molecule has 0 saturated carbocycles. The van der Waals surface area contributed by atoms with Crippen LogP contribution in [0.15, 0.2) is 18.3 Å². The van der Waals surface area contributed by atoms with Gasteiger partial charge >= 0.3 is 54.3 Å². The van der Waals surface area contributed by atoms with Gasteiger partial charge in [-0.05, 0) is 24.6 Å². The number of pyridine rings is 1. The van der Waals surface area contributed by atoms with E-state index in [1.54, 1.807) is 0 Å². The van der Waals surface area contributed by atoms with E-state index in [1.165, 1.54) is 4.74 Å². The summed E-state index contributed by atoms with van der Waals surface area (Å²) < 4.78 is 226. The number of carbonyl (C=O) groups is 1. The van der Waals surface area contributed by atoms with Crippen LogP contribution in [-0.4, -0.2) is 59.3 Å². The van der Waals surface area contributed by atoms with Gasteiger partial charge in [-0.15, -0.1) is 0 Å². The summed E-state index contributed by atoms with van der Waals surface area (Å²) in [6.45, 7) is 1.16. The van der Waals surface area contributed by atoms with Crippen LogP contribution in [0, 0.1) is 6.92 Å². The zero-order chi connectivity index (χ0) is 29.7. The summed E-state index contributed by atoms with van der Waals surface area (Å²) in [5.74, 6) is -27.4. The molecule has 5 nitrogen and oxygen atoms in total. The Balaban J connectivity index is 3.63. The maximum absolute atomic E-state index is 14.4. The SMILES string of the molecule is Cc1ccnc(NC(=O)[C@](F)(OC(F)(F)[C@@](F)(OC(F)(F)C(F)(F)C(F)(F)F)C(F)(F)F)C(F)(F)F)c1. The summed E-state index contributed by atoms with van der Waals surface area (Å²) in [6.07, 6.45) is -37.9. The van der Waals surface area contributed by atoms with Crippen molar-refractivity contribution < 1.29 is 88.9 Å². The van der Waals surface area contributed by atoms with Crippen LogP contribution >= 0.6 is 0 Å². The Hall–Kier alpha value is -2.65. The van der Waals surface area contributed by atoms with Crippen molar-refractivity contribution in [2.24, 2.45) is 0 Å². The van der Waals surface area contributed by atoms with Crippen LogP contribution in [0.5, 0.6) is 0 Å². The van der Waals surface area contributed by atoms with E-state index in [9.17, 15) is 79.4 Å². The van der Waals surface area contributed by atoms with E-state index in [0.29, 0.717) is 12.3 Å². The van der Waals surface area contributed by atoms with Crippen LogP contribution in [0.25, 0.3) is 0 Å². The van der Waals surface area contributed by atoms with E-state index in [4.69, 9.17) is 0 Å². The van der Waals surface area contributed by atoms with E-state index in [0.717, 1.165) is 18.3 Å². The molecule has 0 bridgehead atoms. The van der Waals surface area contributed by atoms with Crippen LogP contribution in [0.2, 0.25) is 0 Å². The van der Waals surface area contributed by atoms with Crippen molar-refractivity contribution in [3.63, 3.8) is 0 Å². The van der Waals surface area contributed by atoms with Gasteiger partial charge in [0, 0.05) is 6.20 Å². The molecule has 214 valence electrons. The molecule has 0 saturated heterocycles. The Morgan fingerprint density at radius 1 is 0.730 bits per heavy atom. The number of hydrogen-bond acceptors (Lipinski definition) is 4. The fourth-order valence-corrected chi connectivity index (χ4v) is 1.96. The first-order valence-corrected chi connectivity index (χ1v) is 8.41. The molecular weight excluding hydrogens is 579 g/mol. The van der Waals surface area contributed by atoms with E-state index in [-0.39, 0.29) is 5.56 Å². The third kappa shape index (κ3) is 5.93. The second-order valence-electron chi connectivity index (χ2n) is 6.67. The second kappa shape index (κ2) is 9.27. The highest BCUT2D eigenvalue weighted by atomic mass is 19.4. The molecule has 1 aromatic heterocycles. The van der Waals surface area contributed by atoms with Crippen molar-refractivity contribution in [3.8, 4) is 0 Å². The highest BCUT2D eigenvalue weighted by Gasteiger charge is 2.85. The van der Waals surface area contributed by atoms with Gasteiger partial charge in [0.15, 0.2) is 0 Å². The molecule has 0 spiro atoms. The molecule has 2 atom stereocenters. The first-order valence-electron chi connectivity index (χ1n) is 8.41. The lowest BCUT2D eigenvalue weighted by molar-refractivity contribution is -0.548. The van der Waals surface area contributed by atoms with Crippen molar-refractivity contribution in [2.45, 2.75) is 55.3 Å².